The highest BCUT2D eigenvalue weighted by molar-refractivity contribution is 5.98. The fraction of sp³-hybridized carbons (Fsp3) is 0.783. The summed E-state index contributed by atoms with van der Waals surface area (Å²) in [5.74, 6) is -3.77. The standard InChI is InChI=1S/C23H36N2O6/c1-7-11-24(13(3)4)20(28)18-23-10-9-22(6,31-23)17(21(29)30)16(23)19(27)25(18)15(12-26)14(5)8-2/h7,13-18,26H,1,8-12H2,2-6H3,(H,29,30)/t14-,15-,16-,17+,18?,22-,23?/m0/s1. The maximum absolute atomic E-state index is 13.9. The zero-order valence-corrected chi connectivity index (χ0v) is 19.2. The smallest absolute Gasteiger partial charge is 0.310 e. The van der Waals surface area contributed by atoms with E-state index in [-0.39, 0.29) is 24.5 Å². The molecule has 3 heterocycles. The molecule has 0 aliphatic carbocycles. The fourth-order valence-corrected chi connectivity index (χ4v) is 6.04. The second-order valence-electron chi connectivity index (χ2n) is 9.82. The first-order chi connectivity index (χ1) is 14.5. The molecule has 1 spiro atoms. The van der Waals surface area contributed by atoms with E-state index in [4.69, 9.17) is 4.74 Å². The number of carbonyl (C=O) groups excluding carboxylic acids is 2. The van der Waals surface area contributed by atoms with Crippen LogP contribution in [0.2, 0.25) is 0 Å². The van der Waals surface area contributed by atoms with Crippen molar-refractivity contribution in [3.05, 3.63) is 12.7 Å². The van der Waals surface area contributed by atoms with Gasteiger partial charge in [-0.15, -0.1) is 6.58 Å². The maximum Gasteiger partial charge on any atom is 0.310 e. The number of carbonyl (C=O) groups is 3. The zero-order chi connectivity index (χ0) is 23.3. The normalized spacial score (nSPS) is 35.9. The van der Waals surface area contributed by atoms with Gasteiger partial charge in [-0.1, -0.05) is 26.3 Å². The van der Waals surface area contributed by atoms with Crippen molar-refractivity contribution in [2.24, 2.45) is 17.8 Å². The number of nitrogens with zero attached hydrogens (tertiary/aromatic N) is 2. The summed E-state index contributed by atoms with van der Waals surface area (Å²) >= 11 is 0. The zero-order valence-electron chi connectivity index (χ0n) is 19.2. The molecule has 0 aromatic heterocycles. The van der Waals surface area contributed by atoms with Crippen molar-refractivity contribution in [3.63, 3.8) is 0 Å². The van der Waals surface area contributed by atoms with Crippen LogP contribution in [0.15, 0.2) is 12.7 Å². The Morgan fingerprint density at radius 2 is 2.00 bits per heavy atom. The van der Waals surface area contributed by atoms with Gasteiger partial charge in [0.2, 0.25) is 11.8 Å². The van der Waals surface area contributed by atoms with Crippen molar-refractivity contribution in [1.29, 1.82) is 0 Å². The minimum Gasteiger partial charge on any atom is -0.481 e. The highest BCUT2D eigenvalue weighted by Gasteiger charge is 2.79. The molecular formula is C23H36N2O6. The third-order valence-electron chi connectivity index (χ3n) is 7.79. The number of rotatable bonds is 9. The van der Waals surface area contributed by atoms with Gasteiger partial charge in [0.05, 0.1) is 30.1 Å². The predicted octanol–water partition coefficient (Wildman–Crippen LogP) is 1.67. The Balaban J connectivity index is 2.17. The Kier molecular flexibility index (Phi) is 6.28. The Hall–Kier alpha value is -1.93. The van der Waals surface area contributed by atoms with E-state index in [1.807, 2.05) is 27.7 Å². The van der Waals surface area contributed by atoms with Gasteiger partial charge in [0.15, 0.2) is 0 Å². The number of carboxylic acid groups (broad SMARTS) is 1. The molecule has 8 nitrogen and oxygen atoms in total. The molecule has 2 amide bonds. The van der Waals surface area contributed by atoms with Crippen molar-refractivity contribution in [3.8, 4) is 0 Å². The summed E-state index contributed by atoms with van der Waals surface area (Å²) in [4.78, 5) is 43.1. The van der Waals surface area contributed by atoms with Gasteiger partial charge in [-0.25, -0.2) is 0 Å². The van der Waals surface area contributed by atoms with Crippen LogP contribution >= 0.6 is 0 Å². The lowest BCUT2D eigenvalue weighted by Gasteiger charge is -2.42. The van der Waals surface area contributed by atoms with Gasteiger partial charge < -0.3 is 24.7 Å². The summed E-state index contributed by atoms with van der Waals surface area (Å²) in [5, 5.41) is 20.2. The maximum atomic E-state index is 13.9. The molecule has 7 atom stereocenters. The monoisotopic (exact) mass is 436 g/mol. The number of ether oxygens (including phenoxy) is 1. The largest absolute Gasteiger partial charge is 0.481 e. The number of likely N-dealkylation sites (tertiary alicyclic amines) is 1. The number of amides is 2. The van der Waals surface area contributed by atoms with Crippen LogP contribution in [0.3, 0.4) is 0 Å². The fourth-order valence-electron chi connectivity index (χ4n) is 6.04. The van der Waals surface area contributed by atoms with Gasteiger partial charge in [0, 0.05) is 12.6 Å². The summed E-state index contributed by atoms with van der Waals surface area (Å²) in [7, 11) is 0. The van der Waals surface area contributed by atoms with Gasteiger partial charge in [-0.05, 0) is 39.5 Å². The first-order valence-corrected chi connectivity index (χ1v) is 11.3. The Bertz CT molecular complexity index is 769. The molecule has 0 radical (unpaired) electrons. The molecule has 3 aliphatic rings. The van der Waals surface area contributed by atoms with Crippen molar-refractivity contribution >= 4 is 17.8 Å². The number of hydrogen-bond acceptors (Lipinski definition) is 5. The van der Waals surface area contributed by atoms with Gasteiger partial charge in [-0.3, -0.25) is 14.4 Å². The molecule has 0 saturated carbocycles. The van der Waals surface area contributed by atoms with Crippen LogP contribution in [0.25, 0.3) is 0 Å². The molecular weight excluding hydrogens is 400 g/mol. The van der Waals surface area contributed by atoms with Crippen LogP contribution in [0, 0.1) is 17.8 Å². The average molecular weight is 437 g/mol. The van der Waals surface area contributed by atoms with E-state index >= 15 is 0 Å². The number of fused-ring (bicyclic) bond motifs is 1. The van der Waals surface area contributed by atoms with Crippen LogP contribution in [-0.2, 0) is 19.1 Å². The molecule has 3 aliphatic heterocycles. The SMILES string of the molecule is C=CCN(C(=O)C1N([C@@H](CO)[C@@H](C)CC)C(=O)[C@@H]2[C@H](C(=O)O)[C@]3(C)CCC12O3)C(C)C. The van der Waals surface area contributed by atoms with Crippen molar-refractivity contribution in [2.75, 3.05) is 13.2 Å². The number of aliphatic hydroxyl groups is 1. The molecule has 31 heavy (non-hydrogen) atoms. The lowest BCUT2D eigenvalue weighted by atomic mass is 9.66. The van der Waals surface area contributed by atoms with Crippen LogP contribution in [0.1, 0.15) is 53.9 Å². The topological polar surface area (TPSA) is 107 Å². The van der Waals surface area contributed by atoms with Crippen LogP contribution in [0.4, 0.5) is 0 Å². The molecule has 3 rings (SSSR count). The summed E-state index contributed by atoms with van der Waals surface area (Å²) in [5.41, 5.74) is -2.18. The van der Waals surface area contributed by atoms with Gasteiger partial charge >= 0.3 is 5.97 Å². The first kappa shape index (κ1) is 23.7. The molecule has 3 saturated heterocycles. The summed E-state index contributed by atoms with van der Waals surface area (Å²) < 4.78 is 6.40. The minimum absolute atomic E-state index is 0.0672. The molecule has 8 heteroatoms. The molecule has 2 N–H and O–H groups in total. The molecule has 0 aromatic carbocycles. The Morgan fingerprint density at radius 1 is 1.35 bits per heavy atom. The van der Waals surface area contributed by atoms with Crippen LogP contribution in [0.5, 0.6) is 0 Å². The molecule has 174 valence electrons. The van der Waals surface area contributed by atoms with E-state index in [2.05, 4.69) is 6.58 Å². The third-order valence-corrected chi connectivity index (χ3v) is 7.79. The number of carboxylic acids is 1. The van der Waals surface area contributed by atoms with Crippen molar-refractivity contribution in [1.82, 2.24) is 9.80 Å². The lowest BCUT2D eigenvalue weighted by Crippen LogP contribution is -2.60. The Labute approximate surface area is 184 Å². The predicted molar refractivity (Wildman–Crippen MR) is 114 cm³/mol. The summed E-state index contributed by atoms with van der Waals surface area (Å²) in [6.45, 7) is 13.2. The van der Waals surface area contributed by atoms with Crippen molar-refractivity contribution in [2.45, 2.75) is 83.2 Å². The Morgan fingerprint density at radius 3 is 2.48 bits per heavy atom. The first-order valence-electron chi connectivity index (χ1n) is 11.3. The second-order valence-corrected chi connectivity index (χ2v) is 9.82. The van der Waals surface area contributed by atoms with Gasteiger partial charge in [-0.2, -0.15) is 0 Å². The molecule has 2 unspecified atom stereocenters. The van der Waals surface area contributed by atoms with Crippen LogP contribution < -0.4 is 0 Å². The van der Waals surface area contributed by atoms with Gasteiger partial charge in [0.1, 0.15) is 11.6 Å². The second kappa shape index (κ2) is 8.20. The summed E-state index contributed by atoms with van der Waals surface area (Å²) in [6.07, 6.45) is 3.26. The average Bonchev–Trinajstić information content (AvgIpc) is 3.27. The highest BCUT2D eigenvalue weighted by Crippen LogP contribution is 2.63. The van der Waals surface area contributed by atoms with E-state index in [9.17, 15) is 24.6 Å². The van der Waals surface area contributed by atoms with Crippen LogP contribution in [-0.4, -0.2) is 80.3 Å². The number of aliphatic carboxylic acids is 1. The lowest BCUT2D eigenvalue weighted by molar-refractivity contribution is -0.160. The highest BCUT2D eigenvalue weighted by atomic mass is 16.5. The molecule has 0 aromatic rings. The minimum atomic E-state index is -1.19. The third kappa shape index (κ3) is 3.30. The number of aliphatic hydroxyl groups excluding tert-OH is 1. The van der Waals surface area contributed by atoms with E-state index in [0.29, 0.717) is 25.8 Å². The van der Waals surface area contributed by atoms with E-state index < -0.39 is 47.0 Å². The van der Waals surface area contributed by atoms with Gasteiger partial charge in [0.25, 0.3) is 0 Å². The summed E-state index contributed by atoms with van der Waals surface area (Å²) in [6, 6.07) is -1.70. The molecule has 2 bridgehead atoms. The quantitative estimate of drug-likeness (QED) is 0.533. The van der Waals surface area contributed by atoms with E-state index in [0.717, 1.165) is 0 Å². The van der Waals surface area contributed by atoms with E-state index in [1.165, 1.54) is 4.90 Å². The molecule has 3 fully saturated rings. The van der Waals surface area contributed by atoms with Crippen molar-refractivity contribution < 1.29 is 29.3 Å². The van der Waals surface area contributed by atoms with E-state index in [1.54, 1.807) is 17.9 Å². The number of hydrogen-bond donors (Lipinski definition) is 2.